The van der Waals surface area contributed by atoms with Crippen LogP contribution in [-0.2, 0) is 17.6 Å². The van der Waals surface area contributed by atoms with E-state index in [-0.39, 0.29) is 11.9 Å². The summed E-state index contributed by atoms with van der Waals surface area (Å²) in [6, 6.07) is 0.535. The van der Waals surface area contributed by atoms with Crippen LogP contribution in [0.3, 0.4) is 0 Å². The van der Waals surface area contributed by atoms with Gasteiger partial charge in [0.1, 0.15) is 0 Å². The van der Waals surface area contributed by atoms with Crippen LogP contribution in [0.1, 0.15) is 55.5 Å². The van der Waals surface area contributed by atoms with Gasteiger partial charge in [-0.05, 0) is 50.9 Å². The largest absolute Gasteiger partial charge is 0.303 e. The highest BCUT2D eigenvalue weighted by atomic mass is 32.1. The quantitative estimate of drug-likeness (QED) is 0.883. The van der Waals surface area contributed by atoms with Gasteiger partial charge in [-0.3, -0.25) is 4.79 Å². The average molecular weight is 305 g/mol. The second-order valence-electron chi connectivity index (χ2n) is 6.68. The molecule has 2 fully saturated rings. The third kappa shape index (κ3) is 2.73. The number of fused-ring (bicyclic) bond motifs is 2. The lowest BCUT2D eigenvalue weighted by molar-refractivity contribution is -0.119. The second kappa shape index (κ2) is 5.69. The van der Waals surface area contributed by atoms with Gasteiger partial charge in [0, 0.05) is 10.9 Å². The zero-order valence-corrected chi connectivity index (χ0v) is 13.2. The summed E-state index contributed by atoms with van der Waals surface area (Å²) in [5.74, 6) is 0.915. The highest BCUT2D eigenvalue weighted by molar-refractivity contribution is 7.15. The fraction of sp³-hybridized carbons (Fsp3) is 0.750. The molecule has 5 heteroatoms. The molecule has 1 aromatic rings. The Bertz CT molecular complexity index is 520. The summed E-state index contributed by atoms with van der Waals surface area (Å²) in [5.41, 5.74) is 1.21. The van der Waals surface area contributed by atoms with Gasteiger partial charge in [0.15, 0.2) is 5.13 Å². The summed E-state index contributed by atoms with van der Waals surface area (Å²) in [4.78, 5) is 18.4. The third-order valence-electron chi connectivity index (χ3n) is 5.29. The van der Waals surface area contributed by atoms with E-state index in [0.29, 0.717) is 6.04 Å². The minimum atomic E-state index is -0.0249. The molecular formula is C16H23N3OS. The van der Waals surface area contributed by atoms with Crippen molar-refractivity contribution in [3.8, 4) is 0 Å². The van der Waals surface area contributed by atoms with Crippen LogP contribution in [0.4, 0.5) is 5.13 Å². The molecule has 2 heterocycles. The monoisotopic (exact) mass is 305 g/mol. The Morgan fingerprint density at radius 2 is 2.05 bits per heavy atom. The lowest BCUT2D eigenvalue weighted by Crippen LogP contribution is -2.53. The van der Waals surface area contributed by atoms with E-state index in [1.807, 2.05) is 0 Å². The molecule has 1 aromatic heterocycles. The standard InChI is InChI=1S/C16H23N3OS/c20-15(19-16-18-12-6-3-7-14(12)21-16)13-9-8-10-4-1-2-5-11(10)17-13/h10-11,13,17H,1-9H2,(H,18,19,20). The molecule has 3 unspecified atom stereocenters. The van der Waals surface area contributed by atoms with Crippen molar-refractivity contribution in [3.05, 3.63) is 10.6 Å². The lowest BCUT2D eigenvalue weighted by Gasteiger charge is -2.39. The van der Waals surface area contributed by atoms with Crippen LogP contribution < -0.4 is 10.6 Å². The van der Waals surface area contributed by atoms with Crippen LogP contribution in [0, 0.1) is 5.92 Å². The maximum Gasteiger partial charge on any atom is 0.243 e. The number of thiazole rings is 1. The zero-order chi connectivity index (χ0) is 14.2. The minimum Gasteiger partial charge on any atom is -0.303 e. The van der Waals surface area contributed by atoms with Crippen molar-refractivity contribution in [1.82, 2.24) is 10.3 Å². The molecule has 0 radical (unpaired) electrons. The number of rotatable bonds is 2. The van der Waals surface area contributed by atoms with Crippen molar-refractivity contribution < 1.29 is 4.79 Å². The Morgan fingerprint density at radius 1 is 1.14 bits per heavy atom. The first-order chi connectivity index (χ1) is 10.3. The molecule has 21 heavy (non-hydrogen) atoms. The van der Waals surface area contributed by atoms with Gasteiger partial charge in [0.05, 0.1) is 11.7 Å². The predicted molar refractivity (Wildman–Crippen MR) is 84.7 cm³/mol. The smallest absolute Gasteiger partial charge is 0.243 e. The van der Waals surface area contributed by atoms with Crippen molar-refractivity contribution in [1.29, 1.82) is 0 Å². The van der Waals surface area contributed by atoms with E-state index in [2.05, 4.69) is 15.6 Å². The van der Waals surface area contributed by atoms with E-state index in [4.69, 9.17) is 0 Å². The van der Waals surface area contributed by atoms with E-state index >= 15 is 0 Å². The number of aryl methyl sites for hydroxylation is 2. The molecule has 2 N–H and O–H groups in total. The number of anilines is 1. The molecule has 3 aliphatic rings. The highest BCUT2D eigenvalue weighted by Crippen LogP contribution is 2.33. The molecule has 3 atom stereocenters. The molecule has 0 bridgehead atoms. The Labute approximate surface area is 129 Å². The molecule has 114 valence electrons. The molecule has 1 amide bonds. The predicted octanol–water partition coefficient (Wildman–Crippen LogP) is 2.88. The summed E-state index contributed by atoms with van der Waals surface area (Å²) in [7, 11) is 0. The Kier molecular flexibility index (Phi) is 3.71. The van der Waals surface area contributed by atoms with Gasteiger partial charge < -0.3 is 10.6 Å². The maximum atomic E-state index is 12.5. The van der Waals surface area contributed by atoms with E-state index in [1.165, 1.54) is 49.1 Å². The molecule has 0 spiro atoms. The number of hydrogen-bond donors (Lipinski definition) is 2. The molecule has 0 aromatic carbocycles. The molecule has 2 aliphatic carbocycles. The Balaban J connectivity index is 1.38. The molecule has 4 rings (SSSR count). The van der Waals surface area contributed by atoms with Gasteiger partial charge >= 0.3 is 0 Å². The van der Waals surface area contributed by atoms with Crippen LogP contribution >= 0.6 is 11.3 Å². The van der Waals surface area contributed by atoms with Crippen molar-refractivity contribution in [3.63, 3.8) is 0 Å². The van der Waals surface area contributed by atoms with Gasteiger partial charge in [-0.15, -0.1) is 11.3 Å². The first-order valence-corrected chi connectivity index (χ1v) is 9.17. The summed E-state index contributed by atoms with van der Waals surface area (Å²) < 4.78 is 0. The fourth-order valence-corrected chi connectivity index (χ4v) is 5.19. The van der Waals surface area contributed by atoms with Crippen molar-refractivity contribution >= 4 is 22.4 Å². The number of amides is 1. The first kappa shape index (κ1) is 13.7. The summed E-state index contributed by atoms with van der Waals surface area (Å²) in [5, 5.41) is 7.44. The van der Waals surface area contributed by atoms with Gasteiger partial charge in [-0.25, -0.2) is 4.98 Å². The highest BCUT2D eigenvalue weighted by Gasteiger charge is 2.34. The average Bonchev–Trinajstić information content (AvgIpc) is 3.08. The van der Waals surface area contributed by atoms with E-state index in [0.717, 1.165) is 30.3 Å². The van der Waals surface area contributed by atoms with Crippen molar-refractivity contribution in [2.75, 3.05) is 5.32 Å². The van der Waals surface area contributed by atoms with Gasteiger partial charge in [0.2, 0.25) is 5.91 Å². The fourth-order valence-electron chi connectivity index (χ4n) is 4.14. The van der Waals surface area contributed by atoms with E-state index in [9.17, 15) is 4.79 Å². The summed E-state index contributed by atoms with van der Waals surface area (Å²) in [6.07, 6.45) is 10.8. The number of carbonyl (C=O) groups is 1. The van der Waals surface area contributed by atoms with Crippen LogP contribution in [0.5, 0.6) is 0 Å². The first-order valence-electron chi connectivity index (χ1n) is 8.35. The zero-order valence-electron chi connectivity index (χ0n) is 12.4. The van der Waals surface area contributed by atoms with Gasteiger partial charge in [-0.1, -0.05) is 12.8 Å². The van der Waals surface area contributed by atoms with E-state index < -0.39 is 0 Å². The molecular weight excluding hydrogens is 282 g/mol. The molecule has 4 nitrogen and oxygen atoms in total. The summed E-state index contributed by atoms with van der Waals surface area (Å²) >= 11 is 1.67. The van der Waals surface area contributed by atoms with Crippen molar-refractivity contribution in [2.24, 2.45) is 5.92 Å². The third-order valence-corrected chi connectivity index (χ3v) is 6.37. The number of hydrogen-bond acceptors (Lipinski definition) is 4. The number of nitrogens with one attached hydrogen (secondary N) is 2. The minimum absolute atomic E-state index is 0.0249. The van der Waals surface area contributed by atoms with Crippen LogP contribution in [0.15, 0.2) is 0 Å². The topological polar surface area (TPSA) is 54.0 Å². The van der Waals surface area contributed by atoms with E-state index in [1.54, 1.807) is 11.3 Å². The lowest BCUT2D eigenvalue weighted by atomic mass is 9.77. The molecule has 1 saturated heterocycles. The second-order valence-corrected chi connectivity index (χ2v) is 7.76. The maximum absolute atomic E-state index is 12.5. The SMILES string of the molecule is O=C(Nc1nc2c(s1)CCC2)C1CCC2CCCCC2N1. The van der Waals surface area contributed by atoms with Gasteiger partial charge in [0.25, 0.3) is 0 Å². The molecule has 1 aliphatic heterocycles. The Morgan fingerprint density at radius 3 is 2.95 bits per heavy atom. The Hall–Kier alpha value is -0.940. The van der Waals surface area contributed by atoms with Crippen LogP contribution in [0.2, 0.25) is 0 Å². The van der Waals surface area contributed by atoms with Crippen LogP contribution in [-0.4, -0.2) is 23.0 Å². The van der Waals surface area contributed by atoms with Crippen molar-refractivity contribution in [2.45, 2.75) is 69.9 Å². The van der Waals surface area contributed by atoms with Crippen LogP contribution in [0.25, 0.3) is 0 Å². The molecule has 1 saturated carbocycles. The number of aromatic nitrogens is 1. The normalized spacial score (nSPS) is 31.5. The number of nitrogens with zero attached hydrogens (tertiary/aromatic N) is 1. The number of piperidine rings is 1. The summed E-state index contributed by atoms with van der Waals surface area (Å²) in [6.45, 7) is 0. The number of carbonyl (C=O) groups excluding carboxylic acids is 1. The van der Waals surface area contributed by atoms with Gasteiger partial charge in [-0.2, -0.15) is 0 Å².